The number of benzene rings is 1. The number of thiazole rings is 1. The van der Waals surface area contributed by atoms with Crippen LogP contribution in [0.15, 0.2) is 28.7 Å². The third-order valence-corrected chi connectivity index (χ3v) is 6.72. The Labute approximate surface area is 161 Å². The summed E-state index contributed by atoms with van der Waals surface area (Å²) in [5.74, 6) is 1.07. The summed E-state index contributed by atoms with van der Waals surface area (Å²) in [5, 5.41) is 7.79. The first kappa shape index (κ1) is 17.3. The quantitative estimate of drug-likeness (QED) is 0.799. The number of nitrogens with one attached hydrogen (secondary N) is 1. The van der Waals surface area contributed by atoms with Crippen LogP contribution in [0.2, 0.25) is 10.0 Å². The molecule has 25 heavy (non-hydrogen) atoms. The van der Waals surface area contributed by atoms with E-state index in [2.05, 4.69) is 22.2 Å². The van der Waals surface area contributed by atoms with Gasteiger partial charge >= 0.3 is 0 Å². The number of fused-ring (bicyclic) bond motifs is 1. The lowest BCUT2D eigenvalue weighted by atomic mass is 9.70. The fourth-order valence-electron chi connectivity index (χ4n) is 3.70. The predicted octanol–water partition coefficient (Wildman–Crippen LogP) is 4.73. The Bertz CT molecular complexity index is 796. The number of halogens is 2. The van der Waals surface area contributed by atoms with E-state index in [1.807, 2.05) is 23.7 Å². The maximum absolute atomic E-state index is 6.26. The van der Waals surface area contributed by atoms with Crippen molar-refractivity contribution in [3.8, 4) is 0 Å². The summed E-state index contributed by atoms with van der Waals surface area (Å²) < 4.78 is 0. The fraction of sp³-hybridized carbons (Fsp3) is 0.444. The molecule has 1 aromatic heterocycles. The number of aromatic nitrogens is 1. The highest BCUT2D eigenvalue weighted by Gasteiger charge is 2.42. The fourth-order valence-corrected chi connectivity index (χ4v) is 4.59. The minimum Gasteiger partial charge on any atom is -0.343 e. The molecule has 1 spiro atoms. The number of anilines is 1. The van der Waals surface area contributed by atoms with Gasteiger partial charge in [-0.3, -0.25) is 4.99 Å². The van der Waals surface area contributed by atoms with Crippen molar-refractivity contribution in [2.75, 3.05) is 25.5 Å². The van der Waals surface area contributed by atoms with Crippen LogP contribution in [-0.2, 0) is 13.0 Å². The second kappa shape index (κ2) is 6.88. The molecule has 2 aliphatic heterocycles. The second-order valence-electron chi connectivity index (χ2n) is 6.90. The van der Waals surface area contributed by atoms with Crippen molar-refractivity contribution in [3.63, 3.8) is 0 Å². The van der Waals surface area contributed by atoms with Crippen molar-refractivity contribution in [3.05, 3.63) is 44.3 Å². The van der Waals surface area contributed by atoms with Gasteiger partial charge in [0.1, 0.15) is 10.8 Å². The lowest BCUT2D eigenvalue weighted by Crippen LogP contribution is -2.49. The molecule has 0 atom stereocenters. The van der Waals surface area contributed by atoms with Crippen LogP contribution in [0.5, 0.6) is 0 Å². The van der Waals surface area contributed by atoms with Gasteiger partial charge in [0.25, 0.3) is 0 Å². The molecule has 3 heterocycles. The normalized spacial score (nSPS) is 21.3. The minimum absolute atomic E-state index is 0.0495. The minimum atomic E-state index is 0.0495. The highest BCUT2D eigenvalue weighted by Crippen LogP contribution is 2.44. The zero-order valence-electron chi connectivity index (χ0n) is 14.1. The smallest absolute Gasteiger partial charge is 0.114 e. The van der Waals surface area contributed by atoms with Gasteiger partial charge in [-0.1, -0.05) is 23.2 Å². The lowest BCUT2D eigenvalue weighted by Gasteiger charge is -2.45. The van der Waals surface area contributed by atoms with E-state index >= 15 is 0 Å². The van der Waals surface area contributed by atoms with E-state index in [0.29, 0.717) is 16.6 Å². The average Bonchev–Trinajstić information content (AvgIpc) is 3.11. The van der Waals surface area contributed by atoms with E-state index in [-0.39, 0.29) is 5.41 Å². The summed E-state index contributed by atoms with van der Waals surface area (Å²) in [7, 11) is 2.18. The highest BCUT2D eigenvalue weighted by molar-refractivity contribution is 7.09. The zero-order chi connectivity index (χ0) is 17.4. The molecule has 1 N–H and O–H groups in total. The summed E-state index contributed by atoms with van der Waals surface area (Å²) >= 11 is 14.1. The summed E-state index contributed by atoms with van der Waals surface area (Å²) in [6, 6.07) is 3.92. The van der Waals surface area contributed by atoms with Gasteiger partial charge in [-0.05, 0) is 57.1 Å². The first-order valence-electron chi connectivity index (χ1n) is 8.42. The number of likely N-dealkylation sites (tertiary alicyclic amines) is 1. The summed E-state index contributed by atoms with van der Waals surface area (Å²) in [4.78, 5) is 11.7. The molecule has 1 fully saturated rings. The van der Waals surface area contributed by atoms with E-state index in [9.17, 15) is 0 Å². The van der Waals surface area contributed by atoms with Gasteiger partial charge in [0.2, 0.25) is 0 Å². The zero-order valence-corrected chi connectivity index (χ0v) is 16.4. The molecule has 2 aromatic rings. The van der Waals surface area contributed by atoms with Gasteiger partial charge in [-0.2, -0.15) is 0 Å². The molecule has 0 unspecified atom stereocenters. The Hall–Kier alpha value is -1.14. The summed E-state index contributed by atoms with van der Waals surface area (Å²) in [6.45, 7) is 2.78. The first-order valence-corrected chi connectivity index (χ1v) is 10.1. The molecule has 0 aliphatic carbocycles. The monoisotopic (exact) mass is 394 g/mol. The molecular weight excluding hydrogens is 375 g/mol. The summed E-state index contributed by atoms with van der Waals surface area (Å²) in [5.41, 5.74) is 2.30. The van der Waals surface area contributed by atoms with Crippen LogP contribution >= 0.6 is 34.5 Å². The Morgan fingerprint density at radius 2 is 2.04 bits per heavy atom. The summed E-state index contributed by atoms with van der Waals surface area (Å²) in [6.07, 6.45) is 4.97. The Morgan fingerprint density at radius 1 is 1.28 bits per heavy atom. The number of amidine groups is 1. The SMILES string of the molecule is CN1CCC2(CC1)Cc1cc(Cl)c(Cl)cc1NC2=NCc1nccs1. The molecule has 1 aromatic carbocycles. The maximum Gasteiger partial charge on any atom is 0.114 e. The molecular formula is C18H20Cl2N4S. The predicted molar refractivity (Wildman–Crippen MR) is 106 cm³/mol. The van der Waals surface area contributed by atoms with Gasteiger partial charge in [0.15, 0.2) is 0 Å². The third kappa shape index (κ3) is 3.43. The molecule has 1 saturated heterocycles. The van der Waals surface area contributed by atoms with Crippen molar-refractivity contribution >= 4 is 46.1 Å². The number of nitrogens with zero attached hydrogens (tertiary/aromatic N) is 3. The van der Waals surface area contributed by atoms with Crippen LogP contribution in [0.25, 0.3) is 0 Å². The largest absolute Gasteiger partial charge is 0.343 e. The van der Waals surface area contributed by atoms with Crippen molar-refractivity contribution in [1.29, 1.82) is 0 Å². The number of hydrogen-bond donors (Lipinski definition) is 1. The standard InChI is InChI=1S/C18H20Cl2N4S/c1-24-5-2-18(3-6-24)10-12-8-13(19)14(20)9-15(12)23-17(18)22-11-16-21-4-7-25-16/h4,7-9H,2-3,5-6,10-11H2,1H3,(H,22,23). The molecule has 7 heteroatoms. The van der Waals surface area contributed by atoms with Crippen LogP contribution in [-0.4, -0.2) is 35.9 Å². The third-order valence-electron chi connectivity index (χ3n) is 5.23. The lowest BCUT2D eigenvalue weighted by molar-refractivity contribution is 0.178. The highest BCUT2D eigenvalue weighted by atomic mass is 35.5. The maximum atomic E-state index is 6.26. The van der Waals surface area contributed by atoms with Crippen molar-refractivity contribution in [2.24, 2.45) is 10.4 Å². The topological polar surface area (TPSA) is 40.5 Å². The molecule has 0 radical (unpaired) electrons. The molecule has 4 nitrogen and oxygen atoms in total. The number of piperidine rings is 1. The van der Waals surface area contributed by atoms with Crippen molar-refractivity contribution < 1.29 is 0 Å². The van der Waals surface area contributed by atoms with Crippen molar-refractivity contribution in [1.82, 2.24) is 9.88 Å². The first-order chi connectivity index (χ1) is 12.1. The molecule has 0 bridgehead atoms. The van der Waals surface area contributed by atoms with Crippen molar-refractivity contribution in [2.45, 2.75) is 25.8 Å². The number of hydrogen-bond acceptors (Lipinski definition) is 4. The van der Waals surface area contributed by atoms with E-state index in [0.717, 1.165) is 48.9 Å². The number of aliphatic imine (C=N–C) groups is 1. The van der Waals surface area contributed by atoms with Crippen LogP contribution in [0, 0.1) is 5.41 Å². The van der Waals surface area contributed by atoms with E-state index in [4.69, 9.17) is 28.2 Å². The van der Waals surface area contributed by atoms with Crippen LogP contribution in [0.4, 0.5) is 5.69 Å². The van der Waals surface area contributed by atoms with Crippen LogP contribution in [0.1, 0.15) is 23.4 Å². The van der Waals surface area contributed by atoms with Gasteiger partial charge in [0.05, 0.1) is 16.6 Å². The van der Waals surface area contributed by atoms with Crippen LogP contribution < -0.4 is 5.32 Å². The Kier molecular flexibility index (Phi) is 4.75. The van der Waals surface area contributed by atoms with E-state index < -0.39 is 0 Å². The molecule has 0 saturated carbocycles. The van der Waals surface area contributed by atoms with Crippen LogP contribution in [0.3, 0.4) is 0 Å². The van der Waals surface area contributed by atoms with Gasteiger partial charge in [-0.25, -0.2) is 4.98 Å². The van der Waals surface area contributed by atoms with Gasteiger partial charge in [-0.15, -0.1) is 11.3 Å². The molecule has 0 amide bonds. The van der Waals surface area contributed by atoms with Gasteiger partial charge < -0.3 is 10.2 Å². The van der Waals surface area contributed by atoms with E-state index in [1.54, 1.807) is 11.3 Å². The molecule has 2 aliphatic rings. The second-order valence-corrected chi connectivity index (χ2v) is 8.69. The molecule has 4 rings (SSSR count). The number of rotatable bonds is 2. The Balaban J connectivity index is 1.70. The van der Waals surface area contributed by atoms with E-state index in [1.165, 1.54) is 5.56 Å². The molecule has 132 valence electrons. The Morgan fingerprint density at radius 3 is 2.76 bits per heavy atom. The van der Waals surface area contributed by atoms with Gasteiger partial charge in [0, 0.05) is 22.7 Å². The average molecular weight is 395 g/mol.